The number of amides is 1. The molecule has 0 bridgehead atoms. The van der Waals surface area contributed by atoms with Gasteiger partial charge in [0.1, 0.15) is 0 Å². The molecule has 3 unspecified atom stereocenters. The first kappa shape index (κ1) is 15.6. The smallest absolute Gasteiger partial charge is 0.225 e. The molecule has 0 aliphatic heterocycles. The van der Waals surface area contributed by atoms with Crippen LogP contribution in [0.3, 0.4) is 0 Å². The number of hydrogen-bond acceptors (Lipinski definition) is 2. The van der Waals surface area contributed by atoms with Gasteiger partial charge in [-0.05, 0) is 37.5 Å². The summed E-state index contributed by atoms with van der Waals surface area (Å²) in [5, 5.41) is 4.04. The molecular weight excluding hydrogens is 295 g/mol. The van der Waals surface area contributed by atoms with E-state index in [9.17, 15) is 4.79 Å². The fraction of sp³-hybridized carbons (Fsp3) is 0.533. The molecule has 1 aliphatic carbocycles. The molecule has 0 radical (unpaired) electrons. The molecule has 0 spiro atoms. The molecule has 3 N–H and O–H groups in total. The van der Waals surface area contributed by atoms with Gasteiger partial charge in [0.2, 0.25) is 5.91 Å². The van der Waals surface area contributed by atoms with Gasteiger partial charge in [-0.1, -0.05) is 42.1 Å². The van der Waals surface area contributed by atoms with Gasteiger partial charge in [-0.15, -0.1) is 0 Å². The standard InChI is InChI=1S/C15H20Cl2N2O/c1-9(10-6-7-12(16)13(17)8-10)19-15(20)11-4-2-3-5-14(11)18/h6-9,11,14H,2-5,18H2,1H3,(H,19,20). The number of hydrogen-bond donors (Lipinski definition) is 2. The maximum absolute atomic E-state index is 12.3. The van der Waals surface area contributed by atoms with Gasteiger partial charge in [-0.3, -0.25) is 4.79 Å². The molecule has 1 aromatic rings. The van der Waals surface area contributed by atoms with Crippen molar-refractivity contribution < 1.29 is 4.79 Å². The van der Waals surface area contributed by atoms with E-state index in [-0.39, 0.29) is 23.9 Å². The predicted octanol–water partition coefficient (Wildman–Crippen LogP) is 3.69. The number of carbonyl (C=O) groups excluding carboxylic acids is 1. The zero-order chi connectivity index (χ0) is 14.7. The molecule has 0 saturated heterocycles. The lowest BCUT2D eigenvalue weighted by Gasteiger charge is -2.28. The normalized spacial score (nSPS) is 24.2. The van der Waals surface area contributed by atoms with Crippen molar-refractivity contribution in [3.8, 4) is 0 Å². The van der Waals surface area contributed by atoms with E-state index in [1.54, 1.807) is 12.1 Å². The average Bonchev–Trinajstić information content (AvgIpc) is 2.42. The maximum Gasteiger partial charge on any atom is 0.225 e. The number of nitrogens with two attached hydrogens (primary N) is 1. The number of benzene rings is 1. The van der Waals surface area contributed by atoms with Gasteiger partial charge in [0.25, 0.3) is 0 Å². The Bertz CT molecular complexity index is 493. The Hall–Kier alpha value is -0.770. The van der Waals surface area contributed by atoms with Gasteiger partial charge < -0.3 is 11.1 Å². The van der Waals surface area contributed by atoms with Crippen LogP contribution in [-0.2, 0) is 4.79 Å². The molecule has 1 aromatic carbocycles. The highest BCUT2D eigenvalue weighted by molar-refractivity contribution is 6.42. The predicted molar refractivity (Wildman–Crippen MR) is 83.0 cm³/mol. The number of carbonyl (C=O) groups is 1. The Morgan fingerprint density at radius 1 is 1.30 bits per heavy atom. The highest BCUT2D eigenvalue weighted by Crippen LogP contribution is 2.27. The van der Waals surface area contributed by atoms with Crippen molar-refractivity contribution in [2.45, 2.75) is 44.7 Å². The zero-order valence-corrected chi connectivity index (χ0v) is 13.0. The molecule has 1 fully saturated rings. The summed E-state index contributed by atoms with van der Waals surface area (Å²) in [6, 6.07) is 5.28. The summed E-state index contributed by atoms with van der Waals surface area (Å²) in [4.78, 5) is 12.3. The summed E-state index contributed by atoms with van der Waals surface area (Å²) in [5.41, 5.74) is 6.98. The Morgan fingerprint density at radius 3 is 2.65 bits per heavy atom. The van der Waals surface area contributed by atoms with Crippen LogP contribution in [-0.4, -0.2) is 11.9 Å². The summed E-state index contributed by atoms with van der Waals surface area (Å²) in [5.74, 6) is -0.0373. The first-order chi connectivity index (χ1) is 9.49. The Balaban J connectivity index is 2.01. The van der Waals surface area contributed by atoms with Crippen molar-refractivity contribution in [3.05, 3.63) is 33.8 Å². The van der Waals surface area contributed by atoms with Crippen molar-refractivity contribution in [2.24, 2.45) is 11.7 Å². The molecule has 3 nitrogen and oxygen atoms in total. The van der Waals surface area contributed by atoms with E-state index in [2.05, 4.69) is 5.32 Å². The van der Waals surface area contributed by atoms with Crippen molar-refractivity contribution in [1.82, 2.24) is 5.32 Å². The van der Waals surface area contributed by atoms with Crippen LogP contribution in [0.15, 0.2) is 18.2 Å². The first-order valence-electron chi connectivity index (χ1n) is 7.00. The molecule has 5 heteroatoms. The van der Waals surface area contributed by atoms with Crippen molar-refractivity contribution in [1.29, 1.82) is 0 Å². The molecule has 1 aliphatic rings. The van der Waals surface area contributed by atoms with Gasteiger partial charge in [-0.2, -0.15) is 0 Å². The summed E-state index contributed by atoms with van der Waals surface area (Å²) < 4.78 is 0. The fourth-order valence-corrected chi connectivity index (χ4v) is 2.98. The van der Waals surface area contributed by atoms with Crippen LogP contribution in [0.2, 0.25) is 10.0 Å². The van der Waals surface area contributed by atoms with Crippen LogP contribution >= 0.6 is 23.2 Å². The van der Waals surface area contributed by atoms with Crippen LogP contribution < -0.4 is 11.1 Å². The molecule has 3 atom stereocenters. The van der Waals surface area contributed by atoms with E-state index in [0.29, 0.717) is 10.0 Å². The number of halogens is 2. The second-order valence-corrected chi connectivity index (χ2v) is 6.27. The van der Waals surface area contributed by atoms with E-state index in [1.165, 1.54) is 0 Å². The van der Waals surface area contributed by atoms with Crippen LogP contribution in [0.25, 0.3) is 0 Å². The van der Waals surface area contributed by atoms with Crippen LogP contribution in [0, 0.1) is 5.92 Å². The molecular formula is C15H20Cl2N2O. The van der Waals surface area contributed by atoms with Crippen LogP contribution in [0.1, 0.15) is 44.2 Å². The summed E-state index contributed by atoms with van der Waals surface area (Å²) >= 11 is 11.9. The van der Waals surface area contributed by atoms with Crippen molar-refractivity contribution in [3.63, 3.8) is 0 Å². The number of nitrogens with one attached hydrogen (secondary N) is 1. The minimum Gasteiger partial charge on any atom is -0.349 e. The van der Waals surface area contributed by atoms with Crippen molar-refractivity contribution >= 4 is 29.1 Å². The molecule has 0 heterocycles. The topological polar surface area (TPSA) is 55.1 Å². The summed E-state index contributed by atoms with van der Waals surface area (Å²) in [7, 11) is 0. The lowest BCUT2D eigenvalue weighted by atomic mass is 9.84. The van der Waals surface area contributed by atoms with E-state index in [4.69, 9.17) is 28.9 Å². The maximum atomic E-state index is 12.3. The third-order valence-electron chi connectivity index (χ3n) is 3.96. The van der Waals surface area contributed by atoms with Crippen molar-refractivity contribution in [2.75, 3.05) is 0 Å². The lowest BCUT2D eigenvalue weighted by molar-refractivity contribution is -0.127. The Kier molecular flexibility index (Phi) is 5.30. The van der Waals surface area contributed by atoms with E-state index < -0.39 is 0 Å². The number of rotatable bonds is 3. The van der Waals surface area contributed by atoms with Crippen LogP contribution in [0.5, 0.6) is 0 Å². The third-order valence-corrected chi connectivity index (χ3v) is 4.70. The quantitative estimate of drug-likeness (QED) is 0.894. The molecule has 1 amide bonds. The Labute approximate surface area is 129 Å². The molecule has 2 rings (SSSR count). The summed E-state index contributed by atoms with van der Waals surface area (Å²) in [6.07, 6.45) is 4.00. The van der Waals surface area contributed by atoms with Crippen LogP contribution in [0.4, 0.5) is 0 Å². The van der Waals surface area contributed by atoms with Gasteiger partial charge in [0.15, 0.2) is 0 Å². The molecule has 1 saturated carbocycles. The monoisotopic (exact) mass is 314 g/mol. The SMILES string of the molecule is CC(NC(=O)C1CCCCC1N)c1ccc(Cl)c(Cl)c1. The third kappa shape index (κ3) is 3.66. The van der Waals surface area contributed by atoms with Gasteiger partial charge in [0.05, 0.1) is 22.0 Å². The molecule has 0 aromatic heterocycles. The zero-order valence-electron chi connectivity index (χ0n) is 11.5. The van der Waals surface area contributed by atoms with E-state index >= 15 is 0 Å². The van der Waals surface area contributed by atoms with E-state index in [1.807, 2.05) is 13.0 Å². The van der Waals surface area contributed by atoms with Gasteiger partial charge >= 0.3 is 0 Å². The Morgan fingerprint density at radius 2 is 2.00 bits per heavy atom. The first-order valence-corrected chi connectivity index (χ1v) is 7.75. The highest BCUT2D eigenvalue weighted by Gasteiger charge is 2.29. The average molecular weight is 315 g/mol. The fourth-order valence-electron chi connectivity index (χ4n) is 2.67. The largest absolute Gasteiger partial charge is 0.349 e. The molecule has 110 valence electrons. The minimum absolute atomic E-state index is 0.0234. The van der Waals surface area contributed by atoms with Gasteiger partial charge in [0, 0.05) is 6.04 Å². The molecule has 20 heavy (non-hydrogen) atoms. The second-order valence-electron chi connectivity index (χ2n) is 5.46. The lowest BCUT2D eigenvalue weighted by Crippen LogP contribution is -2.44. The summed E-state index contributed by atoms with van der Waals surface area (Å²) in [6.45, 7) is 1.94. The minimum atomic E-state index is -0.105. The van der Waals surface area contributed by atoms with E-state index in [0.717, 1.165) is 31.2 Å². The second kappa shape index (κ2) is 6.79. The highest BCUT2D eigenvalue weighted by atomic mass is 35.5. The van der Waals surface area contributed by atoms with Gasteiger partial charge in [-0.25, -0.2) is 0 Å².